The Hall–Kier alpha value is -2.31. The normalized spacial score (nSPS) is 13.1. The van der Waals surface area contributed by atoms with E-state index >= 15 is 0 Å². The van der Waals surface area contributed by atoms with Crippen molar-refractivity contribution in [3.05, 3.63) is 40.2 Å². The van der Waals surface area contributed by atoms with E-state index in [1.165, 1.54) is 17.1 Å². The second-order valence-electron chi connectivity index (χ2n) is 8.09. The Labute approximate surface area is 189 Å². The van der Waals surface area contributed by atoms with E-state index in [1.54, 1.807) is 14.2 Å². The van der Waals surface area contributed by atoms with Crippen molar-refractivity contribution in [3.63, 3.8) is 0 Å². The zero-order chi connectivity index (χ0) is 22.0. The minimum atomic E-state index is 0.642. The first-order valence-electron chi connectivity index (χ1n) is 11.1. The molecule has 31 heavy (non-hydrogen) atoms. The number of hydrogen-bond donors (Lipinski definition) is 0. The van der Waals surface area contributed by atoms with Gasteiger partial charge in [0.2, 0.25) is 0 Å². The number of methoxy groups -OCH3 is 2. The molecule has 1 aliphatic rings. The standard InChI is InChI=1S/C24H31ClN4O2/c1-5-6-12-28(13-14-30-3)24-19-8-7-9-21(19)26-23-22(16(2)27-29(23)24)18-11-10-17(31-4)15-20(18)25/h10-11,15H,5-9,12-14H2,1-4H3. The molecule has 0 bridgehead atoms. The van der Waals surface area contributed by atoms with Crippen LogP contribution in [0.2, 0.25) is 5.02 Å². The van der Waals surface area contributed by atoms with Gasteiger partial charge in [-0.3, -0.25) is 0 Å². The number of ether oxygens (including phenoxy) is 2. The summed E-state index contributed by atoms with van der Waals surface area (Å²) in [6, 6.07) is 5.78. The summed E-state index contributed by atoms with van der Waals surface area (Å²) in [6.07, 6.45) is 5.45. The fourth-order valence-electron chi connectivity index (χ4n) is 4.45. The molecule has 0 aliphatic heterocycles. The molecule has 2 aromatic heterocycles. The predicted molar refractivity (Wildman–Crippen MR) is 126 cm³/mol. The van der Waals surface area contributed by atoms with Gasteiger partial charge in [0.05, 0.1) is 30.0 Å². The minimum absolute atomic E-state index is 0.642. The van der Waals surface area contributed by atoms with Crippen molar-refractivity contribution >= 4 is 23.1 Å². The van der Waals surface area contributed by atoms with Crippen LogP contribution in [-0.2, 0) is 17.6 Å². The van der Waals surface area contributed by atoms with E-state index in [0.29, 0.717) is 11.6 Å². The summed E-state index contributed by atoms with van der Waals surface area (Å²) < 4.78 is 12.8. The monoisotopic (exact) mass is 442 g/mol. The third kappa shape index (κ3) is 4.11. The molecular weight excluding hydrogens is 412 g/mol. The van der Waals surface area contributed by atoms with E-state index in [2.05, 4.69) is 11.8 Å². The molecule has 4 rings (SSSR count). The van der Waals surface area contributed by atoms with Crippen molar-refractivity contribution in [2.75, 3.05) is 38.8 Å². The number of anilines is 1. The molecule has 0 atom stereocenters. The molecule has 1 aromatic carbocycles. The number of benzene rings is 1. The first-order chi connectivity index (χ1) is 15.1. The average molecular weight is 443 g/mol. The fourth-order valence-corrected chi connectivity index (χ4v) is 4.72. The van der Waals surface area contributed by atoms with Gasteiger partial charge in [0.15, 0.2) is 5.65 Å². The van der Waals surface area contributed by atoms with Gasteiger partial charge in [-0.05, 0) is 50.8 Å². The minimum Gasteiger partial charge on any atom is -0.497 e. The molecule has 0 saturated heterocycles. The average Bonchev–Trinajstić information content (AvgIpc) is 3.36. The molecule has 0 amide bonds. The van der Waals surface area contributed by atoms with E-state index < -0.39 is 0 Å². The number of aromatic nitrogens is 3. The van der Waals surface area contributed by atoms with Crippen LogP contribution in [0.3, 0.4) is 0 Å². The maximum Gasteiger partial charge on any atom is 0.165 e. The van der Waals surface area contributed by atoms with Crippen molar-refractivity contribution < 1.29 is 9.47 Å². The Kier molecular flexibility index (Phi) is 6.68. The summed E-state index contributed by atoms with van der Waals surface area (Å²) in [5.74, 6) is 1.91. The third-order valence-corrected chi connectivity index (χ3v) is 6.34. The van der Waals surface area contributed by atoms with Gasteiger partial charge in [0, 0.05) is 37.0 Å². The molecule has 0 fully saturated rings. The van der Waals surface area contributed by atoms with Gasteiger partial charge in [0.1, 0.15) is 11.6 Å². The van der Waals surface area contributed by atoms with Crippen LogP contribution in [0.1, 0.15) is 43.1 Å². The molecule has 0 spiro atoms. The number of halogens is 1. The first kappa shape index (κ1) is 21.9. The molecule has 3 aromatic rings. The van der Waals surface area contributed by atoms with Gasteiger partial charge in [-0.1, -0.05) is 24.9 Å². The number of nitrogens with zero attached hydrogens (tertiary/aromatic N) is 4. The summed E-state index contributed by atoms with van der Waals surface area (Å²) in [4.78, 5) is 7.52. The summed E-state index contributed by atoms with van der Waals surface area (Å²) >= 11 is 6.66. The highest BCUT2D eigenvalue weighted by atomic mass is 35.5. The zero-order valence-corrected chi connectivity index (χ0v) is 19.6. The van der Waals surface area contributed by atoms with Gasteiger partial charge < -0.3 is 14.4 Å². The molecule has 2 heterocycles. The highest BCUT2D eigenvalue weighted by Crippen LogP contribution is 2.39. The van der Waals surface area contributed by atoms with Gasteiger partial charge in [-0.15, -0.1) is 0 Å². The van der Waals surface area contributed by atoms with Crippen molar-refractivity contribution in [1.82, 2.24) is 14.6 Å². The molecule has 0 saturated carbocycles. The topological polar surface area (TPSA) is 51.9 Å². The Morgan fingerprint density at radius 1 is 1.19 bits per heavy atom. The Balaban J connectivity index is 1.92. The smallest absolute Gasteiger partial charge is 0.165 e. The van der Waals surface area contributed by atoms with Crippen molar-refractivity contribution in [2.45, 2.75) is 46.0 Å². The van der Waals surface area contributed by atoms with E-state index in [4.69, 9.17) is 31.2 Å². The molecular formula is C24H31ClN4O2. The van der Waals surface area contributed by atoms with Crippen LogP contribution >= 0.6 is 11.6 Å². The lowest BCUT2D eigenvalue weighted by Gasteiger charge is -2.27. The van der Waals surface area contributed by atoms with Gasteiger partial charge in [-0.25, -0.2) is 4.98 Å². The third-order valence-electron chi connectivity index (χ3n) is 6.03. The molecule has 0 radical (unpaired) electrons. The van der Waals surface area contributed by atoms with Crippen LogP contribution in [-0.4, -0.2) is 48.5 Å². The lowest BCUT2D eigenvalue weighted by molar-refractivity contribution is 0.205. The second-order valence-corrected chi connectivity index (χ2v) is 8.50. The van der Waals surface area contributed by atoms with Crippen molar-refractivity contribution in [2.24, 2.45) is 0 Å². The number of aryl methyl sites for hydroxylation is 2. The van der Waals surface area contributed by atoms with E-state index in [9.17, 15) is 0 Å². The number of unbranched alkanes of at least 4 members (excludes halogenated alkanes) is 1. The van der Waals surface area contributed by atoms with Crippen LogP contribution in [0.5, 0.6) is 5.75 Å². The van der Waals surface area contributed by atoms with Gasteiger partial charge >= 0.3 is 0 Å². The lowest BCUT2D eigenvalue weighted by atomic mass is 10.1. The Morgan fingerprint density at radius 2 is 2.03 bits per heavy atom. The van der Waals surface area contributed by atoms with Crippen LogP contribution in [0.15, 0.2) is 18.2 Å². The molecule has 6 nitrogen and oxygen atoms in total. The van der Waals surface area contributed by atoms with Crippen LogP contribution < -0.4 is 9.64 Å². The highest BCUT2D eigenvalue weighted by Gasteiger charge is 2.27. The molecule has 0 unspecified atom stereocenters. The van der Waals surface area contributed by atoms with E-state index in [1.807, 2.05) is 29.6 Å². The second kappa shape index (κ2) is 9.45. The summed E-state index contributed by atoms with van der Waals surface area (Å²) in [5, 5.41) is 5.61. The summed E-state index contributed by atoms with van der Waals surface area (Å²) in [5.41, 5.74) is 6.24. The number of fused-ring (bicyclic) bond motifs is 2. The maximum absolute atomic E-state index is 6.66. The highest BCUT2D eigenvalue weighted by molar-refractivity contribution is 6.33. The zero-order valence-electron chi connectivity index (χ0n) is 18.9. The van der Waals surface area contributed by atoms with Gasteiger partial charge in [0.25, 0.3) is 0 Å². The lowest BCUT2D eigenvalue weighted by Crippen LogP contribution is -2.31. The van der Waals surface area contributed by atoms with E-state index in [-0.39, 0.29) is 0 Å². The van der Waals surface area contributed by atoms with Gasteiger partial charge in [-0.2, -0.15) is 9.61 Å². The molecule has 7 heteroatoms. The largest absolute Gasteiger partial charge is 0.497 e. The van der Waals surface area contributed by atoms with E-state index in [0.717, 1.165) is 73.4 Å². The number of hydrogen-bond acceptors (Lipinski definition) is 5. The SMILES string of the molecule is CCCCN(CCOC)c1c2c(nc3c(-c4ccc(OC)cc4Cl)c(C)nn13)CCC2. The maximum atomic E-state index is 6.66. The summed E-state index contributed by atoms with van der Waals surface area (Å²) in [7, 11) is 3.40. The van der Waals surface area contributed by atoms with Crippen molar-refractivity contribution in [3.8, 4) is 16.9 Å². The van der Waals surface area contributed by atoms with Crippen LogP contribution in [0.25, 0.3) is 16.8 Å². The first-order valence-corrected chi connectivity index (χ1v) is 11.5. The molecule has 1 aliphatic carbocycles. The summed E-state index contributed by atoms with van der Waals surface area (Å²) in [6.45, 7) is 6.75. The quantitative estimate of drug-likeness (QED) is 0.461. The predicted octanol–water partition coefficient (Wildman–Crippen LogP) is 5.11. The number of rotatable bonds is 9. The Morgan fingerprint density at radius 3 is 2.74 bits per heavy atom. The van der Waals surface area contributed by atoms with Crippen LogP contribution in [0.4, 0.5) is 5.82 Å². The Bertz CT molecular complexity index is 1070. The molecule has 166 valence electrons. The fraction of sp³-hybridized carbons (Fsp3) is 0.500. The van der Waals surface area contributed by atoms with Crippen molar-refractivity contribution in [1.29, 1.82) is 0 Å². The van der Waals surface area contributed by atoms with Crippen LogP contribution in [0, 0.1) is 6.92 Å². The molecule has 0 N–H and O–H groups in total.